The summed E-state index contributed by atoms with van der Waals surface area (Å²) < 4.78 is 12.3. The molecule has 0 saturated heterocycles. The number of rotatable bonds is 11. The van der Waals surface area contributed by atoms with Gasteiger partial charge < -0.3 is 20.1 Å². The van der Waals surface area contributed by atoms with E-state index in [1.807, 2.05) is 12.1 Å². The van der Waals surface area contributed by atoms with Crippen LogP contribution < -0.4 is 20.1 Å². The Morgan fingerprint density at radius 2 is 1.97 bits per heavy atom. The minimum Gasteiger partial charge on any atom is -0.493 e. The van der Waals surface area contributed by atoms with Crippen molar-refractivity contribution in [1.29, 1.82) is 0 Å². The molecule has 0 saturated carbocycles. The molecule has 2 aromatic heterocycles. The van der Waals surface area contributed by atoms with E-state index in [0.29, 0.717) is 29.7 Å². The number of hydrogen-bond donors (Lipinski definition) is 2. The molecular weight excluding hydrogens is 428 g/mol. The first kappa shape index (κ1) is 23.6. The second-order valence-electron chi connectivity index (χ2n) is 7.41. The predicted octanol–water partition coefficient (Wildman–Crippen LogP) is 3.13. The topological polar surface area (TPSA) is 103 Å². The lowest BCUT2D eigenvalue weighted by Gasteiger charge is -2.12. The van der Waals surface area contributed by atoms with Crippen LogP contribution in [0.3, 0.4) is 0 Å². The summed E-state index contributed by atoms with van der Waals surface area (Å²) in [5, 5.41) is 12.4. The molecule has 10 heteroatoms. The number of fused-ring (bicyclic) bond motifs is 1. The Morgan fingerprint density at radius 1 is 1.19 bits per heavy atom. The minimum absolute atomic E-state index is 0.0762. The summed E-state index contributed by atoms with van der Waals surface area (Å²) >= 11 is 1.59. The molecule has 172 valence electrons. The molecule has 3 aromatic rings. The van der Waals surface area contributed by atoms with E-state index in [4.69, 9.17) is 9.47 Å². The zero-order chi connectivity index (χ0) is 23.1. The third kappa shape index (κ3) is 5.82. The molecule has 2 heterocycles. The monoisotopic (exact) mass is 458 g/mol. The summed E-state index contributed by atoms with van der Waals surface area (Å²) in [6.45, 7) is 7.16. The molecule has 2 N–H and O–H groups in total. The molecule has 0 atom stereocenters. The van der Waals surface area contributed by atoms with Crippen LogP contribution in [0.2, 0.25) is 0 Å². The summed E-state index contributed by atoms with van der Waals surface area (Å²) in [4.78, 5) is 21.7. The summed E-state index contributed by atoms with van der Waals surface area (Å²) in [7, 11) is 3.16. The predicted molar refractivity (Wildman–Crippen MR) is 127 cm³/mol. The van der Waals surface area contributed by atoms with Gasteiger partial charge in [-0.15, -0.1) is 0 Å². The van der Waals surface area contributed by atoms with Crippen molar-refractivity contribution in [3.05, 3.63) is 30.0 Å². The third-order valence-electron chi connectivity index (χ3n) is 4.63. The van der Waals surface area contributed by atoms with Crippen LogP contribution in [0.15, 0.2) is 29.6 Å². The van der Waals surface area contributed by atoms with Crippen molar-refractivity contribution < 1.29 is 14.3 Å². The maximum Gasteiger partial charge on any atom is 0.224 e. The van der Waals surface area contributed by atoms with Crippen LogP contribution in [0.1, 0.15) is 26.3 Å². The maximum atomic E-state index is 12.4. The molecule has 3 rings (SSSR count). The van der Waals surface area contributed by atoms with Crippen LogP contribution >= 0.6 is 11.8 Å². The number of anilines is 1. The highest BCUT2D eigenvalue weighted by atomic mass is 32.2. The minimum atomic E-state index is -0.0762. The summed E-state index contributed by atoms with van der Waals surface area (Å²) in [5.74, 6) is 2.83. The summed E-state index contributed by atoms with van der Waals surface area (Å²) in [6, 6.07) is 5.71. The Balaban J connectivity index is 1.66. The highest BCUT2D eigenvalue weighted by Gasteiger charge is 2.14. The van der Waals surface area contributed by atoms with Crippen LogP contribution in [0.5, 0.6) is 11.5 Å². The van der Waals surface area contributed by atoms with Crippen LogP contribution in [0.4, 0.5) is 5.82 Å². The first-order valence-corrected chi connectivity index (χ1v) is 11.5. The number of aromatic nitrogens is 4. The molecule has 0 spiro atoms. The first-order valence-electron chi connectivity index (χ1n) is 10.6. The van der Waals surface area contributed by atoms with E-state index in [9.17, 15) is 4.79 Å². The van der Waals surface area contributed by atoms with Crippen LogP contribution in [0.25, 0.3) is 11.0 Å². The highest BCUT2D eigenvalue weighted by molar-refractivity contribution is 7.99. The number of carbonyl (C=O) groups is 1. The Labute approximate surface area is 192 Å². The van der Waals surface area contributed by atoms with Crippen LogP contribution in [-0.4, -0.2) is 58.2 Å². The van der Waals surface area contributed by atoms with Gasteiger partial charge in [-0.05, 0) is 37.3 Å². The summed E-state index contributed by atoms with van der Waals surface area (Å²) in [5.41, 5.74) is 1.61. The lowest BCUT2D eigenvalue weighted by atomic mass is 10.1. The second-order valence-corrected chi connectivity index (χ2v) is 8.64. The number of nitrogens with zero attached hydrogens (tertiary/aromatic N) is 4. The van der Waals surface area contributed by atoms with Gasteiger partial charge in [-0.2, -0.15) is 5.10 Å². The molecule has 32 heavy (non-hydrogen) atoms. The van der Waals surface area contributed by atoms with Crippen molar-refractivity contribution in [2.75, 3.05) is 31.8 Å². The zero-order valence-electron chi connectivity index (χ0n) is 19.1. The molecule has 0 fully saturated rings. The van der Waals surface area contributed by atoms with E-state index in [-0.39, 0.29) is 18.4 Å². The number of ether oxygens (including phenoxy) is 2. The first-order chi connectivity index (χ1) is 15.4. The van der Waals surface area contributed by atoms with E-state index in [2.05, 4.69) is 46.5 Å². The number of carbonyl (C=O) groups excluding carboxylic acids is 1. The summed E-state index contributed by atoms with van der Waals surface area (Å²) in [6.07, 6.45) is 2.02. The van der Waals surface area contributed by atoms with Gasteiger partial charge in [0.05, 0.1) is 38.8 Å². The van der Waals surface area contributed by atoms with Gasteiger partial charge >= 0.3 is 0 Å². The van der Waals surface area contributed by atoms with Gasteiger partial charge in [0, 0.05) is 12.6 Å². The van der Waals surface area contributed by atoms with Crippen molar-refractivity contribution in [3.8, 4) is 11.5 Å². The van der Waals surface area contributed by atoms with Gasteiger partial charge in [0.1, 0.15) is 5.82 Å². The van der Waals surface area contributed by atoms with Gasteiger partial charge in [-0.1, -0.05) is 24.8 Å². The second kappa shape index (κ2) is 11.0. The average molecular weight is 459 g/mol. The van der Waals surface area contributed by atoms with Crippen molar-refractivity contribution in [2.45, 2.75) is 44.9 Å². The van der Waals surface area contributed by atoms with E-state index < -0.39 is 0 Å². The number of amides is 1. The molecular formula is C22H30N6O3S. The fourth-order valence-corrected chi connectivity index (χ4v) is 3.78. The molecule has 9 nitrogen and oxygen atoms in total. The van der Waals surface area contributed by atoms with Crippen molar-refractivity contribution in [2.24, 2.45) is 0 Å². The van der Waals surface area contributed by atoms with Crippen molar-refractivity contribution >= 4 is 34.5 Å². The Hall–Kier alpha value is -3.01. The lowest BCUT2D eigenvalue weighted by Crippen LogP contribution is -2.29. The van der Waals surface area contributed by atoms with Crippen molar-refractivity contribution in [1.82, 2.24) is 25.1 Å². The number of methoxy groups -OCH3 is 2. The number of benzene rings is 1. The maximum absolute atomic E-state index is 12.4. The Bertz CT molecular complexity index is 1070. The molecule has 0 bridgehead atoms. The van der Waals surface area contributed by atoms with Gasteiger partial charge in [-0.25, -0.2) is 14.6 Å². The van der Waals surface area contributed by atoms with Crippen LogP contribution in [-0.2, 0) is 17.8 Å². The molecule has 0 unspecified atom stereocenters. The Kier molecular flexibility index (Phi) is 8.15. The molecule has 0 aliphatic heterocycles. The van der Waals surface area contributed by atoms with Gasteiger partial charge in [0.15, 0.2) is 22.3 Å². The standard InChI is InChI=1S/C22H30N6O3S/c1-6-32-22-26-20(25-14(2)3)16-13-24-28(21(16)27-22)10-9-23-19(29)12-15-7-8-17(30-4)18(11-15)31-5/h7-8,11,13-14H,6,9-10,12H2,1-5H3,(H,23,29)(H,25,26,27). The molecule has 1 amide bonds. The van der Waals surface area contributed by atoms with E-state index in [0.717, 1.165) is 28.2 Å². The quantitative estimate of drug-likeness (QED) is 0.334. The normalized spacial score (nSPS) is 11.1. The van der Waals surface area contributed by atoms with E-state index in [1.54, 1.807) is 42.9 Å². The van der Waals surface area contributed by atoms with Crippen molar-refractivity contribution in [3.63, 3.8) is 0 Å². The van der Waals surface area contributed by atoms with Crippen LogP contribution in [0, 0.1) is 0 Å². The largest absolute Gasteiger partial charge is 0.493 e. The fraction of sp³-hybridized carbons (Fsp3) is 0.455. The third-order valence-corrected chi connectivity index (χ3v) is 5.36. The Morgan fingerprint density at radius 3 is 2.66 bits per heavy atom. The highest BCUT2D eigenvalue weighted by Crippen LogP contribution is 2.28. The smallest absolute Gasteiger partial charge is 0.224 e. The average Bonchev–Trinajstić information content (AvgIpc) is 3.16. The lowest BCUT2D eigenvalue weighted by molar-refractivity contribution is -0.120. The fourth-order valence-electron chi connectivity index (χ4n) is 3.22. The number of hydrogen-bond acceptors (Lipinski definition) is 8. The van der Waals surface area contributed by atoms with Gasteiger partial charge in [0.2, 0.25) is 5.91 Å². The SMILES string of the molecule is CCSc1nc(NC(C)C)c2cnn(CCNC(=O)Cc3ccc(OC)c(OC)c3)c2n1. The molecule has 0 radical (unpaired) electrons. The van der Waals surface area contributed by atoms with E-state index >= 15 is 0 Å². The van der Waals surface area contributed by atoms with E-state index in [1.165, 1.54) is 0 Å². The van der Waals surface area contributed by atoms with Gasteiger partial charge in [0.25, 0.3) is 0 Å². The molecule has 0 aliphatic carbocycles. The van der Waals surface area contributed by atoms with Gasteiger partial charge in [-0.3, -0.25) is 4.79 Å². The number of nitrogens with one attached hydrogen (secondary N) is 2. The molecule has 1 aromatic carbocycles. The zero-order valence-corrected chi connectivity index (χ0v) is 20.0. The molecule has 0 aliphatic rings. The number of thioether (sulfide) groups is 1.